The van der Waals surface area contributed by atoms with Gasteiger partial charge in [-0.25, -0.2) is 4.98 Å². The van der Waals surface area contributed by atoms with Gasteiger partial charge < -0.3 is 9.73 Å². The third-order valence-corrected chi connectivity index (χ3v) is 4.55. The van der Waals surface area contributed by atoms with E-state index in [2.05, 4.69) is 10.3 Å². The number of carbonyl (C=O) groups is 1. The molecule has 0 unspecified atom stereocenters. The van der Waals surface area contributed by atoms with E-state index < -0.39 is 0 Å². The number of anilines is 1. The molecule has 5 heteroatoms. The van der Waals surface area contributed by atoms with Crippen LogP contribution in [-0.4, -0.2) is 10.9 Å². The van der Waals surface area contributed by atoms with Gasteiger partial charge in [0.1, 0.15) is 5.52 Å². The Bertz CT molecular complexity index is 1180. The second kappa shape index (κ2) is 7.71. The van der Waals surface area contributed by atoms with E-state index in [1.165, 1.54) is 6.08 Å². The highest BCUT2D eigenvalue weighted by Crippen LogP contribution is 2.29. The molecule has 0 atom stereocenters. The van der Waals surface area contributed by atoms with Crippen LogP contribution in [0.1, 0.15) is 11.1 Å². The molecule has 0 bridgehead atoms. The zero-order chi connectivity index (χ0) is 19.5. The normalized spacial score (nSPS) is 11.2. The number of nitrogens with one attached hydrogen (secondary N) is 1. The number of amides is 1. The number of nitrogens with zero attached hydrogens (tertiary/aromatic N) is 1. The molecule has 0 radical (unpaired) electrons. The Morgan fingerprint density at radius 1 is 1.07 bits per heavy atom. The van der Waals surface area contributed by atoms with E-state index in [0.29, 0.717) is 27.7 Å². The summed E-state index contributed by atoms with van der Waals surface area (Å²) in [6, 6.07) is 20.7. The summed E-state index contributed by atoms with van der Waals surface area (Å²) in [5.74, 6) is 0.279. The maximum Gasteiger partial charge on any atom is 0.248 e. The monoisotopic (exact) mass is 388 g/mol. The van der Waals surface area contributed by atoms with Gasteiger partial charge in [-0.15, -0.1) is 0 Å². The fourth-order valence-electron chi connectivity index (χ4n) is 2.82. The van der Waals surface area contributed by atoms with Crippen LogP contribution in [0.3, 0.4) is 0 Å². The first-order valence-corrected chi connectivity index (χ1v) is 9.17. The number of benzene rings is 3. The van der Waals surface area contributed by atoms with Gasteiger partial charge in [-0.1, -0.05) is 48.0 Å². The van der Waals surface area contributed by atoms with Crippen LogP contribution in [0.15, 0.2) is 77.2 Å². The summed E-state index contributed by atoms with van der Waals surface area (Å²) in [6.45, 7) is 1.94. The highest BCUT2D eigenvalue weighted by atomic mass is 35.5. The van der Waals surface area contributed by atoms with E-state index in [1.54, 1.807) is 24.3 Å². The number of halogens is 1. The molecule has 0 saturated heterocycles. The number of aryl methyl sites for hydroxylation is 1. The molecule has 3 aromatic carbocycles. The zero-order valence-electron chi connectivity index (χ0n) is 15.1. The number of rotatable bonds is 4. The van der Waals surface area contributed by atoms with Crippen molar-refractivity contribution in [3.8, 4) is 11.5 Å². The predicted octanol–water partition coefficient (Wildman–Crippen LogP) is 6.11. The Morgan fingerprint density at radius 2 is 1.89 bits per heavy atom. The molecule has 4 rings (SSSR count). The van der Waals surface area contributed by atoms with Crippen molar-refractivity contribution in [1.29, 1.82) is 0 Å². The molecule has 1 N–H and O–H groups in total. The van der Waals surface area contributed by atoms with Crippen LogP contribution in [-0.2, 0) is 4.79 Å². The number of aromatic nitrogens is 1. The first-order valence-electron chi connectivity index (χ1n) is 8.80. The maximum absolute atomic E-state index is 12.3. The lowest BCUT2D eigenvalue weighted by atomic mass is 10.1. The van der Waals surface area contributed by atoms with Crippen molar-refractivity contribution in [2.45, 2.75) is 6.92 Å². The van der Waals surface area contributed by atoms with Gasteiger partial charge in [-0.05, 0) is 54.5 Å². The molecule has 0 saturated carbocycles. The molecule has 28 heavy (non-hydrogen) atoms. The van der Waals surface area contributed by atoms with Gasteiger partial charge in [0.25, 0.3) is 0 Å². The van der Waals surface area contributed by atoms with E-state index >= 15 is 0 Å². The highest BCUT2D eigenvalue weighted by molar-refractivity contribution is 6.31. The van der Waals surface area contributed by atoms with Crippen LogP contribution < -0.4 is 5.32 Å². The van der Waals surface area contributed by atoms with E-state index in [-0.39, 0.29) is 5.91 Å². The fourth-order valence-corrected chi connectivity index (χ4v) is 2.99. The average molecular weight is 389 g/mol. The van der Waals surface area contributed by atoms with Crippen LogP contribution in [0.2, 0.25) is 5.02 Å². The molecule has 4 nitrogen and oxygen atoms in total. The molecule has 0 aliphatic rings. The maximum atomic E-state index is 12.3. The molecule has 0 spiro atoms. The average Bonchev–Trinajstić information content (AvgIpc) is 3.12. The summed E-state index contributed by atoms with van der Waals surface area (Å²) in [5.41, 5.74) is 4.76. The predicted molar refractivity (Wildman–Crippen MR) is 113 cm³/mol. The lowest BCUT2D eigenvalue weighted by molar-refractivity contribution is -0.111. The van der Waals surface area contributed by atoms with Crippen molar-refractivity contribution in [1.82, 2.24) is 4.98 Å². The van der Waals surface area contributed by atoms with Crippen LogP contribution >= 0.6 is 11.6 Å². The topological polar surface area (TPSA) is 55.1 Å². The molecular formula is C23H17ClN2O2. The standard InChI is InChI=1S/C23H17ClN2O2/c1-15-7-9-17(23-26-20-14-18(24)10-11-21(20)28-23)13-19(15)25-22(27)12-8-16-5-3-2-4-6-16/h2-14H,1H3,(H,25,27). The van der Waals surface area contributed by atoms with E-state index in [9.17, 15) is 4.79 Å². The third-order valence-electron chi connectivity index (χ3n) is 4.32. The van der Waals surface area contributed by atoms with Gasteiger partial charge in [0.05, 0.1) is 0 Å². The number of hydrogen-bond donors (Lipinski definition) is 1. The van der Waals surface area contributed by atoms with Crippen molar-refractivity contribution in [3.63, 3.8) is 0 Å². The first kappa shape index (κ1) is 18.0. The lowest BCUT2D eigenvalue weighted by Gasteiger charge is -2.08. The summed E-state index contributed by atoms with van der Waals surface area (Å²) >= 11 is 6.02. The second-order valence-corrected chi connectivity index (χ2v) is 6.83. The quantitative estimate of drug-likeness (QED) is 0.429. The minimum absolute atomic E-state index is 0.201. The molecule has 0 aliphatic heterocycles. The van der Waals surface area contributed by atoms with Crippen LogP contribution in [0, 0.1) is 6.92 Å². The van der Waals surface area contributed by atoms with Crippen molar-refractivity contribution < 1.29 is 9.21 Å². The lowest BCUT2D eigenvalue weighted by Crippen LogP contribution is -2.09. The largest absolute Gasteiger partial charge is 0.436 e. The van der Waals surface area contributed by atoms with Gasteiger partial charge in [-0.2, -0.15) is 0 Å². The van der Waals surface area contributed by atoms with Crippen molar-refractivity contribution in [2.75, 3.05) is 5.32 Å². The summed E-state index contributed by atoms with van der Waals surface area (Å²) in [5, 5.41) is 3.52. The molecule has 1 aromatic heterocycles. The van der Waals surface area contributed by atoms with Gasteiger partial charge >= 0.3 is 0 Å². The third kappa shape index (κ3) is 3.97. The number of carbonyl (C=O) groups excluding carboxylic acids is 1. The van der Waals surface area contributed by atoms with Gasteiger partial charge in [0, 0.05) is 22.3 Å². The van der Waals surface area contributed by atoms with Gasteiger partial charge in [0.15, 0.2) is 5.58 Å². The van der Waals surface area contributed by atoms with Crippen molar-refractivity contribution in [2.24, 2.45) is 0 Å². The first-order chi connectivity index (χ1) is 13.6. The summed E-state index contributed by atoms with van der Waals surface area (Å²) in [7, 11) is 0. The van der Waals surface area contributed by atoms with Crippen molar-refractivity contribution >= 4 is 40.4 Å². The highest BCUT2D eigenvalue weighted by Gasteiger charge is 2.11. The van der Waals surface area contributed by atoms with E-state index in [1.807, 2.05) is 55.5 Å². The van der Waals surface area contributed by atoms with Crippen molar-refractivity contribution in [3.05, 3.63) is 89.0 Å². The number of oxazole rings is 1. The summed E-state index contributed by atoms with van der Waals surface area (Å²) in [6.07, 6.45) is 3.29. The van der Waals surface area contributed by atoms with E-state index in [4.69, 9.17) is 16.0 Å². The van der Waals surface area contributed by atoms with Crippen LogP contribution in [0.5, 0.6) is 0 Å². The van der Waals surface area contributed by atoms with Gasteiger partial charge in [-0.3, -0.25) is 4.79 Å². The SMILES string of the molecule is Cc1ccc(-c2nc3cc(Cl)ccc3o2)cc1NC(=O)C=Cc1ccccc1. The Hall–Kier alpha value is -3.37. The van der Waals surface area contributed by atoms with Crippen LogP contribution in [0.4, 0.5) is 5.69 Å². The van der Waals surface area contributed by atoms with Crippen LogP contribution in [0.25, 0.3) is 28.6 Å². The summed E-state index contributed by atoms with van der Waals surface area (Å²) in [4.78, 5) is 16.8. The Kier molecular flexibility index (Phi) is 4.96. The minimum atomic E-state index is -0.201. The minimum Gasteiger partial charge on any atom is -0.436 e. The molecule has 1 heterocycles. The molecule has 0 aliphatic carbocycles. The molecule has 0 fully saturated rings. The Labute approximate surface area is 167 Å². The second-order valence-electron chi connectivity index (χ2n) is 6.39. The Balaban J connectivity index is 1.58. The molecule has 4 aromatic rings. The summed E-state index contributed by atoms with van der Waals surface area (Å²) < 4.78 is 5.82. The molecular weight excluding hydrogens is 372 g/mol. The smallest absolute Gasteiger partial charge is 0.248 e. The Morgan fingerprint density at radius 3 is 2.71 bits per heavy atom. The van der Waals surface area contributed by atoms with Gasteiger partial charge in [0.2, 0.25) is 11.8 Å². The molecule has 1 amide bonds. The number of fused-ring (bicyclic) bond motifs is 1. The zero-order valence-corrected chi connectivity index (χ0v) is 15.9. The molecule has 138 valence electrons. The van der Waals surface area contributed by atoms with E-state index in [0.717, 1.165) is 16.7 Å². The number of hydrogen-bond acceptors (Lipinski definition) is 3. The fraction of sp³-hybridized carbons (Fsp3) is 0.0435.